The monoisotopic (exact) mass is 1080 g/mol. The second-order valence-corrected chi connectivity index (χ2v) is 20.0. The van der Waals surface area contributed by atoms with Gasteiger partial charge in [-0.15, -0.1) is 0 Å². The van der Waals surface area contributed by atoms with Crippen LogP contribution in [0.3, 0.4) is 0 Å². The molecule has 0 bridgehead atoms. The predicted molar refractivity (Wildman–Crippen MR) is 278 cm³/mol. The average Bonchev–Trinajstić information content (AvgIpc) is 3.88. The van der Waals surface area contributed by atoms with Gasteiger partial charge in [-0.2, -0.15) is 0 Å². The molecular formula is C63H50N4OPt-2. The SMILES string of the molecule is [2H]C([2H])([2H])c1cc(-n2c3[c-]c(Oc4[c-]c5c(cc4)CCCC5n4[c](=[Pt])n(-c5c(-c6ccccc6)cc(C(C)(C)C)cc5-c5ccccc5)c5ccccc54)ccc3c3ccccc32)ncc1-c1ccccc1. The minimum Gasteiger partial charge on any atom is -0.238 e. The second kappa shape index (κ2) is 17.3. The quantitative estimate of drug-likeness (QED) is 0.142. The Balaban J connectivity index is 0.983. The first-order chi connectivity index (χ1) is 34.9. The summed E-state index contributed by atoms with van der Waals surface area (Å²) in [7, 11) is 0. The van der Waals surface area contributed by atoms with Crippen molar-refractivity contribution in [3.8, 4) is 56.4 Å². The van der Waals surface area contributed by atoms with E-state index in [-0.39, 0.29) is 17.0 Å². The summed E-state index contributed by atoms with van der Waals surface area (Å²) in [6.07, 6.45) is 4.61. The number of hydrogen-bond donors (Lipinski definition) is 0. The zero-order valence-electron chi connectivity index (χ0n) is 41.6. The van der Waals surface area contributed by atoms with Crippen molar-refractivity contribution in [1.29, 1.82) is 0 Å². The molecule has 1 aliphatic rings. The van der Waals surface area contributed by atoms with E-state index in [9.17, 15) is 0 Å². The first-order valence-corrected chi connectivity index (χ1v) is 24.8. The van der Waals surface area contributed by atoms with Gasteiger partial charge in [-0.3, -0.25) is 0 Å². The van der Waals surface area contributed by atoms with E-state index in [2.05, 4.69) is 177 Å². The zero-order valence-corrected chi connectivity index (χ0v) is 40.9. The number of ether oxygens (including phenoxy) is 1. The van der Waals surface area contributed by atoms with Gasteiger partial charge in [0.05, 0.1) is 0 Å². The fourth-order valence-electron chi connectivity index (χ4n) is 10.3. The molecule has 3 heterocycles. The third kappa shape index (κ3) is 7.61. The molecule has 5 nitrogen and oxygen atoms in total. The van der Waals surface area contributed by atoms with E-state index >= 15 is 0 Å². The van der Waals surface area contributed by atoms with Crippen LogP contribution in [-0.2, 0) is 31.2 Å². The molecule has 11 aromatic rings. The summed E-state index contributed by atoms with van der Waals surface area (Å²) < 4.78 is 40.6. The van der Waals surface area contributed by atoms with Gasteiger partial charge in [0.1, 0.15) is 0 Å². The Labute approximate surface area is 418 Å². The van der Waals surface area contributed by atoms with Crippen molar-refractivity contribution in [1.82, 2.24) is 18.7 Å². The number of aromatic nitrogens is 4. The van der Waals surface area contributed by atoms with Crippen LogP contribution in [0.2, 0.25) is 0 Å². The number of benzene rings is 8. The van der Waals surface area contributed by atoms with Gasteiger partial charge in [0.2, 0.25) is 0 Å². The molecule has 0 saturated heterocycles. The van der Waals surface area contributed by atoms with Crippen LogP contribution in [0.1, 0.15) is 66.0 Å². The Morgan fingerprint density at radius 1 is 0.623 bits per heavy atom. The van der Waals surface area contributed by atoms with Crippen molar-refractivity contribution in [2.75, 3.05) is 0 Å². The number of hydrogen-bond acceptors (Lipinski definition) is 2. The molecule has 0 radical (unpaired) electrons. The summed E-state index contributed by atoms with van der Waals surface area (Å²) in [4.78, 5) is 4.92. The molecule has 1 unspecified atom stereocenters. The maximum atomic E-state index is 8.57. The Hall–Kier alpha value is -7.33. The molecule has 0 spiro atoms. The van der Waals surface area contributed by atoms with E-state index in [1.807, 2.05) is 65.2 Å². The van der Waals surface area contributed by atoms with Crippen LogP contribution in [0.15, 0.2) is 188 Å². The normalized spacial score (nSPS) is 14.7. The number of fused-ring (bicyclic) bond motifs is 5. The fraction of sp³-hybridized carbons (Fsp3) is 0.143. The summed E-state index contributed by atoms with van der Waals surface area (Å²) in [6, 6.07) is 70.2. The third-order valence-electron chi connectivity index (χ3n) is 13.7. The second-order valence-electron chi connectivity index (χ2n) is 19.0. The van der Waals surface area contributed by atoms with Gasteiger partial charge in [-0.05, 0) is 30.1 Å². The third-order valence-corrected chi connectivity index (χ3v) is 14.7. The van der Waals surface area contributed by atoms with Gasteiger partial charge >= 0.3 is 321 Å². The predicted octanol–water partition coefficient (Wildman–Crippen LogP) is 15.9. The molecule has 340 valence electrons. The first kappa shape index (κ1) is 39.6. The molecule has 0 fully saturated rings. The molecule has 0 aliphatic heterocycles. The van der Waals surface area contributed by atoms with E-state index in [0.717, 1.165) is 72.7 Å². The molecule has 69 heavy (non-hydrogen) atoms. The number of para-hydroxylation sites is 3. The Morgan fingerprint density at radius 3 is 1.88 bits per heavy atom. The molecule has 12 rings (SSSR count). The van der Waals surface area contributed by atoms with Crippen molar-refractivity contribution in [3.63, 3.8) is 0 Å². The van der Waals surface area contributed by atoms with Crippen molar-refractivity contribution >= 4 is 32.8 Å². The first-order valence-electron chi connectivity index (χ1n) is 25.1. The Morgan fingerprint density at radius 2 is 1.22 bits per heavy atom. The molecule has 0 saturated carbocycles. The molecule has 3 aromatic heterocycles. The smallest absolute Gasteiger partial charge is 0.238 e. The van der Waals surface area contributed by atoms with Gasteiger partial charge in [0, 0.05) is 15.9 Å². The Bertz CT molecular complexity index is 3860. The van der Waals surface area contributed by atoms with E-state index in [4.69, 9.17) is 13.8 Å². The number of nitrogens with zero attached hydrogens (tertiary/aromatic N) is 4. The topological polar surface area (TPSA) is 36.9 Å². The van der Waals surface area contributed by atoms with Crippen molar-refractivity contribution in [2.24, 2.45) is 0 Å². The van der Waals surface area contributed by atoms with Gasteiger partial charge in [0.25, 0.3) is 0 Å². The summed E-state index contributed by atoms with van der Waals surface area (Å²) >= 11 is 2.57. The Kier molecular flexibility index (Phi) is 9.95. The minimum absolute atomic E-state index is 0.0171. The standard InChI is InChI=1S/C63H50N4O.Pt/c1-42-35-61(64-40-55(42)45-23-12-7-13-24-45)67-57-27-15-14-26-50(57)51-34-33-49(39-60(51)67)68-48-32-31-46-25-18-30-56(52(46)38-48)65-41-66(59-29-17-16-28-58(59)65)62-53(43-19-8-5-9-20-43)36-47(63(2,3)4)37-54(62)44-21-10-6-11-22-44;/h5-17,19-24,26-29,31-37,40,56H,18,25,30H2,1-4H3;/q-2;/i1D3;. The summed E-state index contributed by atoms with van der Waals surface area (Å²) in [5.41, 5.74) is 15.0. The molecule has 1 aliphatic carbocycles. The van der Waals surface area contributed by atoms with Crippen LogP contribution < -0.4 is 4.74 Å². The number of rotatable bonds is 8. The zero-order chi connectivity index (χ0) is 49.3. The molecule has 6 heteroatoms. The van der Waals surface area contributed by atoms with Gasteiger partial charge in [0.15, 0.2) is 0 Å². The van der Waals surface area contributed by atoms with E-state index < -0.39 is 6.85 Å². The van der Waals surface area contributed by atoms with Crippen LogP contribution in [-0.4, -0.2) is 18.7 Å². The maximum absolute atomic E-state index is 8.57. The molecular weight excluding hydrogens is 1020 g/mol. The van der Waals surface area contributed by atoms with E-state index in [1.165, 1.54) is 33.4 Å². The summed E-state index contributed by atoms with van der Waals surface area (Å²) in [6.45, 7) is 4.51. The van der Waals surface area contributed by atoms with E-state index in [1.54, 1.807) is 12.3 Å². The van der Waals surface area contributed by atoms with E-state index in [0.29, 0.717) is 22.9 Å². The van der Waals surface area contributed by atoms with Crippen LogP contribution in [0.25, 0.3) is 77.7 Å². The number of imidazole rings is 1. The van der Waals surface area contributed by atoms with Crippen LogP contribution in [0, 0.1) is 22.8 Å². The number of aryl methyl sites for hydroxylation is 2. The minimum atomic E-state index is -2.38. The van der Waals surface area contributed by atoms with Crippen LogP contribution in [0.4, 0.5) is 0 Å². The molecule has 8 aromatic carbocycles. The van der Waals surface area contributed by atoms with Crippen molar-refractivity contribution in [2.45, 2.75) is 58.3 Å². The van der Waals surface area contributed by atoms with Gasteiger partial charge in [-0.1, -0.05) is 48.5 Å². The van der Waals surface area contributed by atoms with Crippen LogP contribution >= 0.6 is 0 Å². The van der Waals surface area contributed by atoms with Crippen LogP contribution in [0.5, 0.6) is 11.5 Å². The summed E-state index contributed by atoms with van der Waals surface area (Å²) in [5.74, 6) is 1.61. The summed E-state index contributed by atoms with van der Waals surface area (Å²) in [5, 5.41) is 1.96. The fourth-order valence-corrected chi connectivity index (χ4v) is 11.5. The van der Waals surface area contributed by atoms with Crippen molar-refractivity contribution in [3.05, 3.63) is 226 Å². The number of pyridine rings is 1. The average molecular weight is 1080 g/mol. The van der Waals surface area contributed by atoms with Gasteiger partial charge < -0.3 is 0 Å². The molecule has 1 atom stereocenters. The molecule has 0 amide bonds. The molecule has 0 N–H and O–H groups in total. The van der Waals surface area contributed by atoms with Gasteiger partial charge in [-0.25, -0.2) is 4.98 Å². The van der Waals surface area contributed by atoms with Crippen molar-refractivity contribution < 1.29 is 28.2 Å².